The first-order chi connectivity index (χ1) is 9.74. The summed E-state index contributed by atoms with van der Waals surface area (Å²) in [5.74, 6) is -0.315. The van der Waals surface area contributed by atoms with E-state index >= 15 is 0 Å². The van der Waals surface area contributed by atoms with Crippen molar-refractivity contribution in [2.75, 3.05) is 0 Å². The fourth-order valence-corrected chi connectivity index (χ4v) is 2.30. The Morgan fingerprint density at radius 3 is 2.29 bits per heavy atom. The van der Waals surface area contributed by atoms with Gasteiger partial charge < -0.3 is 10.6 Å². The van der Waals surface area contributed by atoms with Gasteiger partial charge in [0.25, 0.3) is 0 Å². The van der Waals surface area contributed by atoms with E-state index in [0.717, 1.165) is 11.1 Å². The smallest absolute Gasteiger partial charge is 0.236 e. The molecule has 0 aliphatic heterocycles. The van der Waals surface area contributed by atoms with E-state index in [1.807, 2.05) is 52.0 Å². The fourth-order valence-electron chi connectivity index (χ4n) is 2.30. The predicted molar refractivity (Wildman–Crippen MR) is 82.6 cm³/mol. The Morgan fingerprint density at radius 1 is 1.14 bits per heavy atom. The molecule has 21 heavy (non-hydrogen) atoms. The van der Waals surface area contributed by atoms with Crippen LogP contribution in [0.15, 0.2) is 24.3 Å². The summed E-state index contributed by atoms with van der Waals surface area (Å²) in [6.07, 6.45) is 1.27. The third-order valence-corrected chi connectivity index (χ3v) is 3.81. The molecule has 0 saturated heterocycles. The molecule has 0 atom stereocenters. The Balaban J connectivity index is 1.97. The molecule has 0 spiro atoms. The lowest BCUT2D eigenvalue weighted by Crippen LogP contribution is -2.49. The van der Waals surface area contributed by atoms with Crippen LogP contribution in [0.5, 0.6) is 0 Å². The van der Waals surface area contributed by atoms with Crippen molar-refractivity contribution in [3.05, 3.63) is 35.4 Å². The van der Waals surface area contributed by atoms with Gasteiger partial charge in [0.05, 0.1) is 0 Å². The monoisotopic (exact) mass is 288 g/mol. The van der Waals surface area contributed by atoms with Gasteiger partial charge in [0.2, 0.25) is 11.8 Å². The lowest BCUT2D eigenvalue weighted by molar-refractivity contribution is -0.138. The van der Waals surface area contributed by atoms with E-state index in [0.29, 0.717) is 19.4 Å². The van der Waals surface area contributed by atoms with Crippen molar-refractivity contribution < 1.29 is 9.59 Å². The molecule has 4 heteroatoms. The van der Waals surface area contributed by atoms with E-state index in [9.17, 15) is 9.59 Å². The Morgan fingerprint density at radius 2 is 1.76 bits per heavy atom. The van der Waals surface area contributed by atoms with Crippen molar-refractivity contribution in [2.24, 2.45) is 5.41 Å². The minimum absolute atomic E-state index is 0.155. The number of carbonyl (C=O) groups is 2. The maximum atomic E-state index is 12.4. The lowest BCUT2D eigenvalue weighted by atomic mass is 10.0. The Bertz CT molecular complexity index is 554. The second-order valence-corrected chi connectivity index (χ2v) is 6.90. The van der Waals surface area contributed by atoms with E-state index in [4.69, 9.17) is 0 Å². The number of rotatable bonds is 4. The van der Waals surface area contributed by atoms with E-state index in [2.05, 4.69) is 10.6 Å². The van der Waals surface area contributed by atoms with Crippen LogP contribution in [-0.2, 0) is 16.1 Å². The molecule has 1 aliphatic carbocycles. The first-order valence-electron chi connectivity index (χ1n) is 7.40. The van der Waals surface area contributed by atoms with Crippen LogP contribution in [0.2, 0.25) is 0 Å². The summed E-state index contributed by atoms with van der Waals surface area (Å²) < 4.78 is 0. The first-order valence-corrected chi connectivity index (χ1v) is 7.40. The number of nitrogens with one attached hydrogen (secondary N) is 2. The largest absolute Gasteiger partial charge is 0.351 e. The molecule has 1 aliphatic rings. The number of aryl methyl sites for hydroxylation is 1. The van der Waals surface area contributed by atoms with Gasteiger partial charge in [-0.2, -0.15) is 0 Å². The van der Waals surface area contributed by atoms with Crippen molar-refractivity contribution in [1.82, 2.24) is 10.6 Å². The zero-order valence-electron chi connectivity index (χ0n) is 13.2. The maximum absolute atomic E-state index is 12.4. The summed E-state index contributed by atoms with van der Waals surface area (Å²) in [6.45, 7) is 8.25. The van der Waals surface area contributed by atoms with Crippen LogP contribution in [0, 0.1) is 12.3 Å². The SMILES string of the molecule is Cc1ccccc1CNC(=O)C1(C(=O)NC(C)(C)C)CC1. The fraction of sp³-hybridized carbons (Fsp3) is 0.529. The molecule has 0 unspecified atom stereocenters. The molecule has 114 valence electrons. The first kappa shape index (κ1) is 15.5. The molecule has 1 aromatic carbocycles. The predicted octanol–water partition coefficient (Wildman–Crippen LogP) is 2.31. The van der Waals surface area contributed by atoms with Gasteiger partial charge in [-0.1, -0.05) is 24.3 Å². The number of benzene rings is 1. The highest BCUT2D eigenvalue weighted by Crippen LogP contribution is 2.46. The van der Waals surface area contributed by atoms with Crippen molar-refractivity contribution in [3.63, 3.8) is 0 Å². The summed E-state index contributed by atoms with van der Waals surface area (Å²) in [5.41, 5.74) is 1.05. The van der Waals surface area contributed by atoms with Gasteiger partial charge in [0.1, 0.15) is 5.41 Å². The molecule has 0 radical (unpaired) electrons. The summed E-state index contributed by atoms with van der Waals surface area (Å²) in [5, 5.41) is 5.82. The quantitative estimate of drug-likeness (QED) is 0.835. The highest BCUT2D eigenvalue weighted by molar-refractivity contribution is 6.08. The molecule has 2 amide bonds. The average molecular weight is 288 g/mol. The van der Waals surface area contributed by atoms with Crippen LogP contribution < -0.4 is 10.6 Å². The molecule has 1 aromatic rings. The number of carbonyl (C=O) groups excluding carboxylic acids is 2. The topological polar surface area (TPSA) is 58.2 Å². The van der Waals surface area contributed by atoms with E-state index in [1.54, 1.807) is 0 Å². The molecule has 1 fully saturated rings. The molecule has 0 heterocycles. The van der Waals surface area contributed by atoms with Gasteiger partial charge in [-0.05, 0) is 51.7 Å². The highest BCUT2D eigenvalue weighted by atomic mass is 16.2. The van der Waals surface area contributed by atoms with Gasteiger partial charge in [-0.25, -0.2) is 0 Å². The van der Waals surface area contributed by atoms with Crippen molar-refractivity contribution in [3.8, 4) is 0 Å². The van der Waals surface area contributed by atoms with Gasteiger partial charge in [0, 0.05) is 12.1 Å². The van der Waals surface area contributed by atoms with Crippen molar-refractivity contribution in [2.45, 2.75) is 52.6 Å². The Labute approximate surface area is 126 Å². The molecule has 2 rings (SSSR count). The summed E-state index contributed by atoms with van der Waals surface area (Å²) in [6, 6.07) is 7.93. The van der Waals surface area contributed by atoms with Crippen LogP contribution in [0.1, 0.15) is 44.7 Å². The summed E-state index contributed by atoms with van der Waals surface area (Å²) >= 11 is 0. The molecular weight excluding hydrogens is 264 g/mol. The van der Waals surface area contributed by atoms with Crippen LogP contribution >= 0.6 is 0 Å². The Hall–Kier alpha value is -1.84. The van der Waals surface area contributed by atoms with E-state index < -0.39 is 5.41 Å². The molecule has 1 saturated carbocycles. The van der Waals surface area contributed by atoms with Gasteiger partial charge >= 0.3 is 0 Å². The van der Waals surface area contributed by atoms with E-state index in [1.165, 1.54) is 0 Å². The number of amides is 2. The molecule has 0 bridgehead atoms. The molecule has 0 aromatic heterocycles. The summed E-state index contributed by atoms with van der Waals surface area (Å²) in [4.78, 5) is 24.7. The van der Waals surface area contributed by atoms with Crippen LogP contribution in [-0.4, -0.2) is 17.4 Å². The van der Waals surface area contributed by atoms with Crippen LogP contribution in [0.3, 0.4) is 0 Å². The second-order valence-electron chi connectivity index (χ2n) is 6.90. The van der Waals surface area contributed by atoms with Gasteiger partial charge in [-0.15, -0.1) is 0 Å². The lowest BCUT2D eigenvalue weighted by Gasteiger charge is -2.24. The third-order valence-electron chi connectivity index (χ3n) is 3.81. The zero-order valence-corrected chi connectivity index (χ0v) is 13.2. The maximum Gasteiger partial charge on any atom is 0.236 e. The van der Waals surface area contributed by atoms with Crippen LogP contribution in [0.4, 0.5) is 0 Å². The van der Waals surface area contributed by atoms with Gasteiger partial charge in [0.15, 0.2) is 0 Å². The average Bonchev–Trinajstić information content (AvgIpc) is 3.17. The molecule has 2 N–H and O–H groups in total. The summed E-state index contributed by atoms with van der Waals surface area (Å²) in [7, 11) is 0. The number of hydrogen-bond acceptors (Lipinski definition) is 2. The van der Waals surface area contributed by atoms with Crippen LogP contribution in [0.25, 0.3) is 0 Å². The zero-order chi connectivity index (χ0) is 15.7. The molecular formula is C17H24N2O2. The third kappa shape index (κ3) is 3.63. The van der Waals surface area contributed by atoms with Gasteiger partial charge in [-0.3, -0.25) is 9.59 Å². The minimum Gasteiger partial charge on any atom is -0.351 e. The van der Waals surface area contributed by atoms with Crippen molar-refractivity contribution in [1.29, 1.82) is 0 Å². The van der Waals surface area contributed by atoms with Crippen molar-refractivity contribution >= 4 is 11.8 Å². The molecule has 4 nitrogen and oxygen atoms in total. The highest BCUT2D eigenvalue weighted by Gasteiger charge is 2.56. The standard InChI is InChI=1S/C17H24N2O2/c1-12-7-5-6-8-13(12)11-18-14(20)17(9-10-17)15(21)19-16(2,3)4/h5-8H,9-11H2,1-4H3,(H,18,20)(H,19,21). The minimum atomic E-state index is -0.851. The normalized spacial score (nSPS) is 16.2. The number of hydrogen-bond donors (Lipinski definition) is 2. The second kappa shape index (κ2) is 5.51. The Kier molecular flexibility index (Phi) is 4.08. The van der Waals surface area contributed by atoms with E-state index in [-0.39, 0.29) is 17.4 Å².